The molecule has 1 aliphatic rings. The Kier molecular flexibility index (Phi) is 7.24. The van der Waals surface area contributed by atoms with Crippen molar-refractivity contribution >= 4 is 15.9 Å². The number of ether oxygens (including phenoxy) is 2. The molecular formula is C21H28N4O5S. The Bertz CT molecular complexity index is 1070. The lowest BCUT2D eigenvalue weighted by Gasteiger charge is -2.27. The van der Waals surface area contributed by atoms with Crippen LogP contribution in [0.5, 0.6) is 5.75 Å². The fourth-order valence-electron chi connectivity index (χ4n) is 3.34. The second-order valence-electron chi connectivity index (χ2n) is 7.42. The van der Waals surface area contributed by atoms with Gasteiger partial charge in [0, 0.05) is 32.3 Å². The van der Waals surface area contributed by atoms with Crippen LogP contribution in [0.25, 0.3) is 0 Å². The van der Waals surface area contributed by atoms with Gasteiger partial charge in [0.25, 0.3) is 5.91 Å². The van der Waals surface area contributed by atoms with E-state index in [9.17, 15) is 13.2 Å². The second-order valence-corrected chi connectivity index (χ2v) is 9.15. The van der Waals surface area contributed by atoms with E-state index in [2.05, 4.69) is 14.7 Å². The number of nitrogens with zero attached hydrogens (tertiary/aromatic N) is 3. The minimum Gasteiger partial charge on any atom is -0.495 e. The van der Waals surface area contributed by atoms with E-state index in [1.165, 1.54) is 13.3 Å². The molecule has 1 aromatic heterocycles. The average Bonchev–Trinajstić information content (AvgIpc) is 2.75. The number of rotatable bonds is 7. The zero-order chi connectivity index (χ0) is 22.6. The third-order valence-electron chi connectivity index (χ3n) is 5.24. The van der Waals surface area contributed by atoms with Gasteiger partial charge in [-0.15, -0.1) is 0 Å². The van der Waals surface area contributed by atoms with Crippen LogP contribution in [0.1, 0.15) is 33.0 Å². The quantitative estimate of drug-likeness (QED) is 0.682. The molecule has 1 aromatic carbocycles. The number of sulfonamides is 1. The topological polar surface area (TPSA) is 111 Å². The molecule has 0 spiro atoms. The Morgan fingerprint density at radius 3 is 2.55 bits per heavy atom. The van der Waals surface area contributed by atoms with E-state index >= 15 is 0 Å². The van der Waals surface area contributed by atoms with Crippen LogP contribution in [0, 0.1) is 20.8 Å². The van der Waals surface area contributed by atoms with Crippen molar-refractivity contribution in [3.8, 4) is 5.75 Å². The van der Waals surface area contributed by atoms with Gasteiger partial charge in [0.1, 0.15) is 16.5 Å². The summed E-state index contributed by atoms with van der Waals surface area (Å²) in [6.45, 7) is 7.55. The molecule has 31 heavy (non-hydrogen) atoms. The van der Waals surface area contributed by atoms with Gasteiger partial charge in [-0.1, -0.05) is 0 Å². The van der Waals surface area contributed by atoms with Gasteiger partial charge in [0.05, 0.1) is 31.6 Å². The molecule has 168 valence electrons. The van der Waals surface area contributed by atoms with Crippen LogP contribution in [0.2, 0.25) is 0 Å². The van der Waals surface area contributed by atoms with E-state index in [-0.39, 0.29) is 29.5 Å². The zero-order valence-corrected chi connectivity index (χ0v) is 19.1. The van der Waals surface area contributed by atoms with Crippen LogP contribution in [0.3, 0.4) is 0 Å². The van der Waals surface area contributed by atoms with Gasteiger partial charge in [0.2, 0.25) is 10.0 Å². The highest BCUT2D eigenvalue weighted by atomic mass is 32.2. The standard InChI is InChI=1S/C21H28N4O5S/c1-14-11-19(29-4)20(12-15(14)2)31(27,28)23-6-5-18-17(13-22-16(3)24-18)21(26)25-7-9-30-10-8-25/h11-13,23H,5-10H2,1-4H3. The number of hydrogen-bond acceptors (Lipinski definition) is 7. The maximum absolute atomic E-state index is 12.9. The van der Waals surface area contributed by atoms with E-state index < -0.39 is 10.0 Å². The van der Waals surface area contributed by atoms with Gasteiger partial charge in [-0.2, -0.15) is 0 Å². The van der Waals surface area contributed by atoms with Gasteiger partial charge in [-0.3, -0.25) is 4.79 Å². The zero-order valence-electron chi connectivity index (χ0n) is 18.3. The first-order valence-corrected chi connectivity index (χ1v) is 11.6. The summed E-state index contributed by atoms with van der Waals surface area (Å²) in [6, 6.07) is 3.30. The molecule has 3 rings (SSSR count). The average molecular weight is 449 g/mol. The Balaban J connectivity index is 1.76. The molecule has 1 aliphatic heterocycles. The fraction of sp³-hybridized carbons (Fsp3) is 0.476. The molecule has 9 nitrogen and oxygen atoms in total. The normalized spacial score (nSPS) is 14.5. The first-order valence-electron chi connectivity index (χ1n) is 10.1. The molecule has 0 saturated carbocycles. The number of amides is 1. The fourth-order valence-corrected chi connectivity index (χ4v) is 4.60. The van der Waals surface area contributed by atoms with Crippen molar-refractivity contribution in [1.82, 2.24) is 19.6 Å². The van der Waals surface area contributed by atoms with Crippen molar-refractivity contribution in [2.75, 3.05) is 40.0 Å². The molecule has 0 radical (unpaired) electrons. The summed E-state index contributed by atoms with van der Waals surface area (Å²) in [7, 11) is -2.37. The minimum absolute atomic E-state index is 0.0816. The number of carbonyl (C=O) groups is 1. The first kappa shape index (κ1) is 23.1. The number of aromatic nitrogens is 2. The number of methoxy groups -OCH3 is 1. The third kappa shape index (κ3) is 5.38. The summed E-state index contributed by atoms with van der Waals surface area (Å²) in [6.07, 6.45) is 1.76. The van der Waals surface area contributed by atoms with Crippen molar-refractivity contribution in [3.05, 3.63) is 46.5 Å². The van der Waals surface area contributed by atoms with Crippen LogP contribution >= 0.6 is 0 Å². The predicted octanol–water partition coefficient (Wildman–Crippen LogP) is 1.40. The number of hydrogen-bond donors (Lipinski definition) is 1. The molecule has 2 aromatic rings. The van der Waals surface area contributed by atoms with Crippen molar-refractivity contribution < 1.29 is 22.7 Å². The first-order chi connectivity index (χ1) is 14.7. The third-order valence-corrected chi connectivity index (χ3v) is 6.72. The van der Waals surface area contributed by atoms with Gasteiger partial charge in [-0.05, 0) is 44.0 Å². The van der Waals surface area contributed by atoms with Crippen molar-refractivity contribution in [1.29, 1.82) is 0 Å². The molecule has 1 saturated heterocycles. The van der Waals surface area contributed by atoms with Gasteiger partial charge < -0.3 is 14.4 Å². The highest BCUT2D eigenvalue weighted by Crippen LogP contribution is 2.27. The lowest BCUT2D eigenvalue weighted by atomic mass is 10.1. The highest BCUT2D eigenvalue weighted by molar-refractivity contribution is 7.89. The van der Waals surface area contributed by atoms with Crippen LogP contribution in [0.15, 0.2) is 23.2 Å². The molecule has 0 bridgehead atoms. The van der Waals surface area contributed by atoms with E-state index in [1.54, 1.807) is 24.0 Å². The summed E-state index contributed by atoms with van der Waals surface area (Å²) >= 11 is 0. The number of nitrogens with one attached hydrogen (secondary N) is 1. The molecule has 1 amide bonds. The number of benzene rings is 1. The molecule has 0 atom stereocenters. The van der Waals surface area contributed by atoms with Crippen molar-refractivity contribution in [2.45, 2.75) is 32.1 Å². The maximum Gasteiger partial charge on any atom is 0.257 e. The summed E-state index contributed by atoms with van der Waals surface area (Å²) in [5.41, 5.74) is 2.69. The number of morpholine rings is 1. The van der Waals surface area contributed by atoms with E-state index in [0.717, 1.165) is 11.1 Å². The van der Waals surface area contributed by atoms with Crippen molar-refractivity contribution in [3.63, 3.8) is 0 Å². The van der Waals surface area contributed by atoms with Crippen LogP contribution in [-0.2, 0) is 21.2 Å². The maximum atomic E-state index is 12.9. The summed E-state index contributed by atoms with van der Waals surface area (Å²) in [5, 5.41) is 0. The van der Waals surface area contributed by atoms with Gasteiger partial charge >= 0.3 is 0 Å². The van der Waals surface area contributed by atoms with E-state index in [0.29, 0.717) is 43.4 Å². The summed E-state index contributed by atoms with van der Waals surface area (Å²) in [4.78, 5) is 23.2. The smallest absolute Gasteiger partial charge is 0.257 e. The van der Waals surface area contributed by atoms with Gasteiger partial charge in [-0.25, -0.2) is 23.1 Å². The number of carbonyl (C=O) groups excluding carboxylic acids is 1. The lowest BCUT2D eigenvalue weighted by molar-refractivity contribution is 0.0301. The largest absolute Gasteiger partial charge is 0.495 e. The highest BCUT2D eigenvalue weighted by Gasteiger charge is 2.24. The van der Waals surface area contributed by atoms with E-state index in [4.69, 9.17) is 9.47 Å². The molecule has 2 heterocycles. The monoisotopic (exact) mass is 448 g/mol. The van der Waals surface area contributed by atoms with Crippen molar-refractivity contribution in [2.24, 2.45) is 0 Å². The Hall–Kier alpha value is -2.56. The molecule has 1 fully saturated rings. The van der Waals surface area contributed by atoms with Gasteiger partial charge in [0.15, 0.2) is 0 Å². The predicted molar refractivity (Wildman–Crippen MR) is 115 cm³/mol. The molecular weight excluding hydrogens is 420 g/mol. The lowest BCUT2D eigenvalue weighted by Crippen LogP contribution is -2.41. The summed E-state index contributed by atoms with van der Waals surface area (Å²) in [5.74, 6) is 0.640. The Labute approximate surface area is 182 Å². The molecule has 0 unspecified atom stereocenters. The minimum atomic E-state index is -3.81. The Morgan fingerprint density at radius 1 is 1.19 bits per heavy atom. The molecule has 10 heteroatoms. The SMILES string of the molecule is COc1cc(C)c(C)cc1S(=O)(=O)NCCc1nc(C)ncc1C(=O)N1CCOCC1. The second kappa shape index (κ2) is 9.71. The van der Waals surface area contributed by atoms with E-state index in [1.807, 2.05) is 13.8 Å². The summed E-state index contributed by atoms with van der Waals surface area (Å²) < 4.78 is 38.9. The van der Waals surface area contributed by atoms with Crippen LogP contribution in [0.4, 0.5) is 0 Å². The van der Waals surface area contributed by atoms with Crippen LogP contribution in [-0.4, -0.2) is 69.2 Å². The Morgan fingerprint density at radius 2 is 1.87 bits per heavy atom. The molecule has 1 N–H and O–H groups in total. The van der Waals surface area contributed by atoms with Crippen LogP contribution < -0.4 is 9.46 Å². The number of aryl methyl sites for hydroxylation is 3. The molecule has 0 aliphatic carbocycles.